The molecule has 1 heterocycles. The van der Waals surface area contributed by atoms with Crippen LogP contribution in [0.2, 0.25) is 5.02 Å². The van der Waals surface area contributed by atoms with Crippen LogP contribution < -0.4 is 4.74 Å². The average molecular weight is 402 g/mol. The van der Waals surface area contributed by atoms with Gasteiger partial charge in [-0.25, -0.2) is 0 Å². The summed E-state index contributed by atoms with van der Waals surface area (Å²) >= 11 is 8.07. The highest BCUT2D eigenvalue weighted by Gasteiger charge is 2.14. The molecule has 0 radical (unpaired) electrons. The first kappa shape index (κ1) is 15.3. The topological polar surface area (TPSA) is 39.2 Å². The first-order valence-corrected chi connectivity index (χ1v) is 7.54. The average Bonchev–Trinajstić information content (AvgIpc) is 2.40. The number of pyridine rings is 1. The molecule has 1 aromatic heterocycles. The van der Waals surface area contributed by atoms with Gasteiger partial charge in [0, 0.05) is 25.9 Å². The van der Waals surface area contributed by atoms with E-state index < -0.39 is 0 Å². The molecule has 0 aliphatic heterocycles. The summed E-state index contributed by atoms with van der Waals surface area (Å²) in [5.74, 6) is 0.474. The van der Waals surface area contributed by atoms with Crippen molar-refractivity contribution in [2.24, 2.45) is 0 Å². The molecule has 2 rings (SSSR count). The molecule has 20 heavy (non-hydrogen) atoms. The molecule has 0 saturated carbocycles. The number of carbonyl (C=O) groups is 1. The summed E-state index contributed by atoms with van der Waals surface area (Å²) in [6.45, 7) is 3.85. The standard InChI is InChI=1S/C15H13ClINO2/c1-9(2)20-12-5-10(7-18-8-12)15(19)13-6-11(16)3-4-14(13)17/h3-9H,1-2H3. The lowest BCUT2D eigenvalue weighted by molar-refractivity contribution is 0.103. The Morgan fingerprint density at radius 3 is 2.75 bits per heavy atom. The van der Waals surface area contributed by atoms with Gasteiger partial charge < -0.3 is 4.74 Å². The molecule has 0 unspecified atom stereocenters. The zero-order chi connectivity index (χ0) is 14.7. The van der Waals surface area contributed by atoms with Crippen molar-refractivity contribution in [1.29, 1.82) is 0 Å². The van der Waals surface area contributed by atoms with E-state index in [2.05, 4.69) is 27.6 Å². The molecular weight excluding hydrogens is 389 g/mol. The molecule has 0 spiro atoms. The largest absolute Gasteiger partial charge is 0.489 e. The molecular formula is C15H13ClINO2. The van der Waals surface area contributed by atoms with Crippen molar-refractivity contribution in [3.63, 3.8) is 0 Å². The lowest BCUT2D eigenvalue weighted by Gasteiger charge is -2.10. The van der Waals surface area contributed by atoms with Crippen molar-refractivity contribution >= 4 is 40.0 Å². The predicted molar refractivity (Wildman–Crippen MR) is 87.6 cm³/mol. The molecule has 0 amide bonds. The van der Waals surface area contributed by atoms with Crippen molar-refractivity contribution in [3.05, 3.63) is 56.4 Å². The van der Waals surface area contributed by atoms with Gasteiger partial charge in [-0.15, -0.1) is 0 Å². The number of hydrogen-bond donors (Lipinski definition) is 0. The number of benzene rings is 1. The first-order chi connectivity index (χ1) is 9.47. The van der Waals surface area contributed by atoms with Crippen LogP contribution in [0.5, 0.6) is 5.75 Å². The molecule has 104 valence electrons. The van der Waals surface area contributed by atoms with Crippen LogP contribution in [0.25, 0.3) is 0 Å². The molecule has 2 aromatic rings. The van der Waals surface area contributed by atoms with Crippen LogP contribution in [0.4, 0.5) is 0 Å². The summed E-state index contributed by atoms with van der Waals surface area (Å²) in [6.07, 6.45) is 3.17. The van der Waals surface area contributed by atoms with Crippen LogP contribution in [0.1, 0.15) is 29.8 Å². The Morgan fingerprint density at radius 2 is 2.05 bits per heavy atom. The zero-order valence-electron chi connectivity index (χ0n) is 11.1. The normalized spacial score (nSPS) is 10.7. The number of aromatic nitrogens is 1. The van der Waals surface area contributed by atoms with Gasteiger partial charge in [0.15, 0.2) is 5.78 Å². The van der Waals surface area contributed by atoms with E-state index in [4.69, 9.17) is 16.3 Å². The van der Waals surface area contributed by atoms with Gasteiger partial charge in [-0.05, 0) is 60.7 Å². The summed E-state index contributed by atoms with van der Waals surface area (Å²) in [4.78, 5) is 16.6. The lowest BCUT2D eigenvalue weighted by atomic mass is 10.1. The Labute approximate surface area is 136 Å². The maximum absolute atomic E-state index is 12.5. The number of carbonyl (C=O) groups excluding carboxylic acids is 1. The number of ether oxygens (including phenoxy) is 1. The van der Waals surface area contributed by atoms with Crippen LogP contribution in [0, 0.1) is 3.57 Å². The van der Waals surface area contributed by atoms with Crippen LogP contribution >= 0.6 is 34.2 Å². The van der Waals surface area contributed by atoms with Crippen molar-refractivity contribution < 1.29 is 9.53 Å². The van der Waals surface area contributed by atoms with E-state index in [1.54, 1.807) is 24.4 Å². The van der Waals surface area contributed by atoms with E-state index in [1.807, 2.05) is 19.9 Å². The summed E-state index contributed by atoms with van der Waals surface area (Å²) in [5, 5.41) is 0.538. The number of nitrogens with zero attached hydrogens (tertiary/aromatic N) is 1. The van der Waals surface area contributed by atoms with Crippen LogP contribution in [0.15, 0.2) is 36.7 Å². The highest BCUT2D eigenvalue weighted by Crippen LogP contribution is 2.22. The van der Waals surface area contributed by atoms with E-state index >= 15 is 0 Å². The van der Waals surface area contributed by atoms with Crippen molar-refractivity contribution in [2.75, 3.05) is 0 Å². The summed E-state index contributed by atoms with van der Waals surface area (Å²) in [7, 11) is 0. The quantitative estimate of drug-likeness (QED) is 0.564. The van der Waals surface area contributed by atoms with Crippen molar-refractivity contribution in [2.45, 2.75) is 20.0 Å². The molecule has 0 bridgehead atoms. The third-order valence-electron chi connectivity index (χ3n) is 2.52. The summed E-state index contributed by atoms with van der Waals surface area (Å²) in [5.41, 5.74) is 1.06. The highest BCUT2D eigenvalue weighted by atomic mass is 127. The SMILES string of the molecule is CC(C)Oc1cncc(C(=O)c2cc(Cl)ccc2I)c1. The van der Waals surface area contributed by atoms with Gasteiger partial charge in [0.05, 0.1) is 12.3 Å². The van der Waals surface area contributed by atoms with Crippen LogP contribution in [-0.2, 0) is 0 Å². The molecule has 0 saturated heterocycles. The van der Waals surface area contributed by atoms with E-state index in [0.717, 1.165) is 3.57 Å². The maximum atomic E-state index is 12.5. The Kier molecular flexibility index (Phi) is 4.99. The molecule has 0 atom stereocenters. The smallest absolute Gasteiger partial charge is 0.195 e. The lowest BCUT2D eigenvalue weighted by Crippen LogP contribution is -2.08. The molecule has 0 fully saturated rings. The first-order valence-electron chi connectivity index (χ1n) is 6.09. The van der Waals surface area contributed by atoms with Gasteiger partial charge >= 0.3 is 0 Å². The van der Waals surface area contributed by atoms with Gasteiger partial charge in [-0.3, -0.25) is 9.78 Å². The maximum Gasteiger partial charge on any atom is 0.195 e. The van der Waals surface area contributed by atoms with E-state index in [9.17, 15) is 4.79 Å². The van der Waals surface area contributed by atoms with Gasteiger partial charge in [0.25, 0.3) is 0 Å². The minimum atomic E-state index is -0.112. The predicted octanol–water partition coefficient (Wildman–Crippen LogP) is 4.36. The Hall–Kier alpha value is -1.14. The molecule has 0 N–H and O–H groups in total. The van der Waals surface area contributed by atoms with E-state index in [0.29, 0.717) is 21.9 Å². The third kappa shape index (κ3) is 3.70. The van der Waals surface area contributed by atoms with Gasteiger partial charge in [-0.1, -0.05) is 11.6 Å². The van der Waals surface area contributed by atoms with Gasteiger partial charge in [-0.2, -0.15) is 0 Å². The fourth-order valence-corrected chi connectivity index (χ4v) is 2.46. The number of hydrogen-bond acceptors (Lipinski definition) is 3. The molecule has 3 nitrogen and oxygen atoms in total. The minimum absolute atomic E-state index is 0.0356. The molecule has 0 aliphatic carbocycles. The van der Waals surface area contributed by atoms with Crippen LogP contribution in [-0.4, -0.2) is 16.9 Å². The Morgan fingerprint density at radius 1 is 1.30 bits per heavy atom. The molecule has 0 aliphatic rings. The van der Waals surface area contributed by atoms with Crippen molar-refractivity contribution in [1.82, 2.24) is 4.98 Å². The Bertz CT molecular complexity index is 644. The fourth-order valence-electron chi connectivity index (χ4n) is 1.71. The van der Waals surface area contributed by atoms with E-state index in [1.165, 1.54) is 6.20 Å². The summed E-state index contributed by atoms with van der Waals surface area (Å²) < 4.78 is 6.41. The summed E-state index contributed by atoms with van der Waals surface area (Å²) in [6, 6.07) is 6.95. The van der Waals surface area contributed by atoms with Crippen LogP contribution in [0.3, 0.4) is 0 Å². The Balaban J connectivity index is 2.35. The van der Waals surface area contributed by atoms with Gasteiger partial charge in [0.2, 0.25) is 0 Å². The highest BCUT2D eigenvalue weighted by molar-refractivity contribution is 14.1. The number of ketones is 1. The second-order valence-electron chi connectivity index (χ2n) is 4.53. The van der Waals surface area contributed by atoms with Gasteiger partial charge in [0.1, 0.15) is 5.75 Å². The third-order valence-corrected chi connectivity index (χ3v) is 3.70. The monoisotopic (exact) mass is 401 g/mol. The second-order valence-corrected chi connectivity index (χ2v) is 6.13. The molecule has 1 aromatic carbocycles. The van der Waals surface area contributed by atoms with Crippen molar-refractivity contribution in [3.8, 4) is 5.75 Å². The zero-order valence-corrected chi connectivity index (χ0v) is 14.0. The van der Waals surface area contributed by atoms with E-state index in [-0.39, 0.29) is 11.9 Å². The minimum Gasteiger partial charge on any atom is -0.489 e. The number of rotatable bonds is 4. The number of halogens is 2. The molecule has 5 heteroatoms. The fraction of sp³-hybridized carbons (Fsp3) is 0.200. The second kappa shape index (κ2) is 6.54.